The average Bonchev–Trinajstić information content (AvgIpc) is 2.02. The van der Waals surface area contributed by atoms with Crippen molar-refractivity contribution in [3.05, 3.63) is 29.6 Å². The molecular weight excluding hydrogens is 174 g/mol. The fraction of sp³-hybridized carbons (Fsp3) is 0.583. The molecular formula is C12H19NO. The summed E-state index contributed by atoms with van der Waals surface area (Å²) in [4.78, 5) is 4.32. The molecule has 1 aromatic heterocycles. The van der Waals surface area contributed by atoms with Gasteiger partial charge in [-0.15, -0.1) is 0 Å². The molecule has 0 aliphatic rings. The summed E-state index contributed by atoms with van der Waals surface area (Å²) in [5.74, 6) is 0. The first-order valence-corrected chi connectivity index (χ1v) is 4.90. The van der Waals surface area contributed by atoms with E-state index >= 15 is 0 Å². The Labute approximate surface area is 86.0 Å². The van der Waals surface area contributed by atoms with Gasteiger partial charge in [-0.05, 0) is 38.5 Å². The first-order chi connectivity index (χ1) is 6.25. The van der Waals surface area contributed by atoms with E-state index in [0.717, 1.165) is 5.69 Å². The zero-order valence-corrected chi connectivity index (χ0v) is 9.63. The van der Waals surface area contributed by atoms with Crippen LogP contribution in [-0.4, -0.2) is 15.7 Å². The van der Waals surface area contributed by atoms with E-state index in [4.69, 9.17) is 0 Å². The van der Waals surface area contributed by atoms with Gasteiger partial charge in [0, 0.05) is 17.3 Å². The number of nitrogens with zero attached hydrogens (tertiary/aromatic N) is 1. The molecule has 0 aliphatic heterocycles. The molecule has 0 bridgehead atoms. The summed E-state index contributed by atoms with van der Waals surface area (Å²) in [5.41, 5.74) is 1.00. The second-order valence-electron chi connectivity index (χ2n) is 4.90. The van der Waals surface area contributed by atoms with Crippen molar-refractivity contribution in [3.63, 3.8) is 0 Å². The van der Waals surface area contributed by atoms with Crippen molar-refractivity contribution in [2.24, 2.45) is 0 Å². The van der Waals surface area contributed by atoms with Crippen molar-refractivity contribution in [3.8, 4) is 0 Å². The molecule has 0 aromatic carbocycles. The molecule has 0 fully saturated rings. The molecule has 0 spiro atoms. The number of hydrogen-bond donors (Lipinski definition) is 1. The lowest BCUT2D eigenvalue weighted by molar-refractivity contribution is 0.00775. The highest BCUT2D eigenvalue weighted by atomic mass is 16.3. The molecule has 78 valence electrons. The van der Waals surface area contributed by atoms with Gasteiger partial charge >= 0.3 is 0 Å². The van der Waals surface area contributed by atoms with Crippen LogP contribution in [0, 0.1) is 6.92 Å². The highest BCUT2D eigenvalue weighted by Crippen LogP contribution is 2.33. The van der Waals surface area contributed by atoms with E-state index in [1.807, 2.05) is 46.8 Å². The molecule has 2 heteroatoms. The summed E-state index contributed by atoms with van der Waals surface area (Å²) in [6.07, 6.45) is 1.79. The third kappa shape index (κ3) is 1.95. The quantitative estimate of drug-likeness (QED) is 0.782. The van der Waals surface area contributed by atoms with Gasteiger partial charge in [-0.1, -0.05) is 13.8 Å². The Kier molecular flexibility index (Phi) is 2.68. The molecule has 1 N–H and O–H groups in total. The van der Waals surface area contributed by atoms with E-state index in [0.29, 0.717) is 0 Å². The Balaban J connectivity index is 3.16. The topological polar surface area (TPSA) is 33.1 Å². The zero-order valence-electron chi connectivity index (χ0n) is 9.63. The Bertz CT molecular complexity index is 323. The lowest BCUT2D eigenvalue weighted by atomic mass is 9.74. The van der Waals surface area contributed by atoms with Crippen LogP contribution in [0.15, 0.2) is 18.3 Å². The SMILES string of the molecule is Cc1ccnc(C(C)(C)C(C)(C)O)c1. The van der Waals surface area contributed by atoms with E-state index < -0.39 is 5.60 Å². The fourth-order valence-electron chi connectivity index (χ4n) is 1.19. The van der Waals surface area contributed by atoms with Gasteiger partial charge in [0.15, 0.2) is 0 Å². The average molecular weight is 193 g/mol. The molecule has 0 saturated carbocycles. The predicted molar refractivity (Wildman–Crippen MR) is 58.3 cm³/mol. The minimum atomic E-state index is -0.770. The van der Waals surface area contributed by atoms with Crippen LogP contribution in [0.3, 0.4) is 0 Å². The number of hydrogen-bond acceptors (Lipinski definition) is 2. The van der Waals surface area contributed by atoms with Crippen molar-refractivity contribution in [1.29, 1.82) is 0 Å². The molecule has 0 saturated heterocycles. The smallest absolute Gasteiger partial charge is 0.0697 e. The van der Waals surface area contributed by atoms with Crippen molar-refractivity contribution in [2.75, 3.05) is 0 Å². The molecule has 0 amide bonds. The van der Waals surface area contributed by atoms with Crippen LogP contribution >= 0.6 is 0 Å². The second-order valence-corrected chi connectivity index (χ2v) is 4.90. The fourth-order valence-corrected chi connectivity index (χ4v) is 1.19. The highest BCUT2D eigenvalue weighted by molar-refractivity contribution is 5.23. The van der Waals surface area contributed by atoms with Crippen LogP contribution in [0.25, 0.3) is 0 Å². The number of aromatic nitrogens is 1. The van der Waals surface area contributed by atoms with E-state index in [9.17, 15) is 5.11 Å². The molecule has 0 aliphatic carbocycles. The largest absolute Gasteiger partial charge is 0.390 e. The van der Waals surface area contributed by atoms with E-state index in [1.165, 1.54) is 5.56 Å². The number of aryl methyl sites for hydroxylation is 1. The predicted octanol–water partition coefficient (Wildman–Crippen LogP) is 2.44. The number of rotatable bonds is 2. The molecule has 0 atom stereocenters. The molecule has 1 rings (SSSR count). The monoisotopic (exact) mass is 193 g/mol. The Morgan fingerprint density at radius 1 is 1.21 bits per heavy atom. The van der Waals surface area contributed by atoms with Crippen LogP contribution in [-0.2, 0) is 5.41 Å². The van der Waals surface area contributed by atoms with Crippen LogP contribution in [0.1, 0.15) is 39.0 Å². The Hall–Kier alpha value is -0.890. The normalized spacial score (nSPS) is 13.0. The summed E-state index contributed by atoms with van der Waals surface area (Å²) in [6.45, 7) is 9.68. The molecule has 1 aromatic rings. The summed E-state index contributed by atoms with van der Waals surface area (Å²) in [6, 6.07) is 3.99. The maximum atomic E-state index is 10.0. The molecule has 0 radical (unpaired) electrons. The maximum absolute atomic E-state index is 10.0. The van der Waals surface area contributed by atoms with Gasteiger partial charge in [-0.3, -0.25) is 4.98 Å². The standard InChI is InChI=1S/C12H19NO/c1-9-6-7-13-10(8-9)11(2,3)12(4,5)14/h6-8,14H,1-5H3. The molecule has 1 heterocycles. The zero-order chi connectivity index (χ0) is 11.0. The summed E-state index contributed by atoms with van der Waals surface area (Å²) >= 11 is 0. The van der Waals surface area contributed by atoms with Gasteiger partial charge in [0.25, 0.3) is 0 Å². The summed E-state index contributed by atoms with van der Waals surface area (Å²) in [5, 5.41) is 10.0. The summed E-state index contributed by atoms with van der Waals surface area (Å²) < 4.78 is 0. The van der Waals surface area contributed by atoms with Gasteiger partial charge in [0.05, 0.1) is 5.60 Å². The third-order valence-corrected chi connectivity index (χ3v) is 3.09. The minimum absolute atomic E-state index is 0.334. The van der Waals surface area contributed by atoms with Crippen molar-refractivity contribution in [2.45, 2.75) is 45.6 Å². The van der Waals surface area contributed by atoms with Crippen LogP contribution in [0.4, 0.5) is 0 Å². The number of pyridine rings is 1. The lowest BCUT2D eigenvalue weighted by Gasteiger charge is -2.36. The van der Waals surface area contributed by atoms with E-state index in [1.54, 1.807) is 6.20 Å². The second kappa shape index (κ2) is 3.35. The minimum Gasteiger partial charge on any atom is -0.390 e. The van der Waals surface area contributed by atoms with Gasteiger partial charge in [-0.25, -0.2) is 0 Å². The van der Waals surface area contributed by atoms with Crippen molar-refractivity contribution in [1.82, 2.24) is 4.98 Å². The molecule has 0 unspecified atom stereocenters. The van der Waals surface area contributed by atoms with Gasteiger partial charge in [0.1, 0.15) is 0 Å². The maximum Gasteiger partial charge on any atom is 0.0697 e. The van der Waals surface area contributed by atoms with Crippen molar-refractivity contribution >= 4 is 0 Å². The van der Waals surface area contributed by atoms with Gasteiger partial charge in [0.2, 0.25) is 0 Å². The first-order valence-electron chi connectivity index (χ1n) is 4.90. The van der Waals surface area contributed by atoms with Gasteiger partial charge < -0.3 is 5.11 Å². The van der Waals surface area contributed by atoms with E-state index in [-0.39, 0.29) is 5.41 Å². The molecule has 2 nitrogen and oxygen atoms in total. The lowest BCUT2D eigenvalue weighted by Crippen LogP contribution is -2.43. The van der Waals surface area contributed by atoms with Crippen LogP contribution < -0.4 is 0 Å². The summed E-state index contributed by atoms with van der Waals surface area (Å²) in [7, 11) is 0. The third-order valence-electron chi connectivity index (χ3n) is 3.09. The van der Waals surface area contributed by atoms with E-state index in [2.05, 4.69) is 4.98 Å². The van der Waals surface area contributed by atoms with Gasteiger partial charge in [-0.2, -0.15) is 0 Å². The number of aliphatic hydroxyl groups is 1. The van der Waals surface area contributed by atoms with Crippen molar-refractivity contribution < 1.29 is 5.11 Å². The Morgan fingerprint density at radius 3 is 2.21 bits per heavy atom. The molecule has 14 heavy (non-hydrogen) atoms. The van der Waals surface area contributed by atoms with Crippen LogP contribution in [0.5, 0.6) is 0 Å². The highest BCUT2D eigenvalue weighted by Gasteiger charge is 2.37. The first kappa shape index (κ1) is 11.2. The Morgan fingerprint density at radius 2 is 1.79 bits per heavy atom. The van der Waals surface area contributed by atoms with Crippen LogP contribution in [0.2, 0.25) is 0 Å².